The summed E-state index contributed by atoms with van der Waals surface area (Å²) in [6.45, 7) is 0. The quantitative estimate of drug-likeness (QED) is 0.133. The summed E-state index contributed by atoms with van der Waals surface area (Å²) < 4.78 is 2.83. The molecule has 0 heterocycles. The summed E-state index contributed by atoms with van der Waals surface area (Å²) in [4.78, 5) is 0. The average molecular weight is 1350 g/mol. The van der Waals surface area contributed by atoms with Gasteiger partial charge < -0.3 is 24.8 Å². The first-order valence-electron chi connectivity index (χ1n) is 29.8. The summed E-state index contributed by atoms with van der Waals surface area (Å²) in [6, 6.07) is 123. The Morgan fingerprint density at radius 2 is 0.444 bits per heavy atom. The Balaban J connectivity index is 0.000000128. The van der Waals surface area contributed by atoms with E-state index in [1.165, 1.54) is 165 Å². The van der Waals surface area contributed by atoms with Gasteiger partial charge in [0, 0.05) is 0 Å². The zero-order chi connectivity index (χ0) is 60.0. The summed E-state index contributed by atoms with van der Waals surface area (Å²) in [7, 11) is 0. The molecule has 14 aromatic rings. The number of allylic oxidation sites excluding steroid dienone is 8. The molecule has 432 valence electrons. The summed E-state index contributed by atoms with van der Waals surface area (Å²) in [5, 5.41) is 10.8. The number of rotatable bonds is 8. The molecule has 2 aliphatic rings. The van der Waals surface area contributed by atoms with Crippen LogP contribution in [0.25, 0.3) is 65.4 Å². The van der Waals surface area contributed by atoms with E-state index in [4.69, 9.17) is 0 Å². The summed E-state index contributed by atoms with van der Waals surface area (Å²) in [5.41, 5.74) is 15.5. The Bertz CT molecular complexity index is 4160. The van der Waals surface area contributed by atoms with Crippen LogP contribution in [0.2, 0.25) is 0 Å². The molecule has 0 aromatic heterocycles. The number of hydrogen-bond donors (Lipinski definition) is 0. The molecule has 2 aliphatic carbocycles. The number of benzene rings is 12. The molecular weight excluding hydrogens is 1290 g/mol. The third-order valence-electron chi connectivity index (χ3n) is 15.3. The minimum atomic E-state index is 0. The molecule has 16 rings (SSSR count). The van der Waals surface area contributed by atoms with Crippen molar-refractivity contribution in [2.75, 3.05) is 0 Å². The van der Waals surface area contributed by atoms with E-state index in [0.717, 1.165) is 12.8 Å². The second-order valence-corrected chi connectivity index (χ2v) is 23.6. The SMILES string of the molecule is [C-]1=C(c2ccccc2)C=C(c2ccccc2)C1.[C-]1=C(c2ccccc2)C=C(c2ccccc2)C1.[Cl-].[Cl-].[Zr+2]=[C](c1ccccc1)c1ccccc1.[Zr+2]=[C](c1ccccc1)c1ccccc1.c1ccc2c(c1)[cH-]c1ccccc12.c1ccc2c(c1)[cH-]c1ccccc12. The van der Waals surface area contributed by atoms with Crippen LogP contribution in [-0.4, -0.2) is 6.41 Å². The predicted molar refractivity (Wildman–Crippen MR) is 371 cm³/mol. The van der Waals surface area contributed by atoms with Crippen molar-refractivity contribution in [3.63, 3.8) is 0 Å². The Morgan fingerprint density at radius 3 is 0.689 bits per heavy atom. The van der Waals surface area contributed by atoms with Crippen molar-refractivity contribution in [1.82, 2.24) is 0 Å². The van der Waals surface area contributed by atoms with Crippen LogP contribution in [0.4, 0.5) is 0 Å². The zero-order valence-electron chi connectivity index (χ0n) is 49.8. The first kappa shape index (κ1) is 65.9. The van der Waals surface area contributed by atoms with Gasteiger partial charge in [0.05, 0.1) is 0 Å². The summed E-state index contributed by atoms with van der Waals surface area (Å²) in [6.07, 6.45) is 13.2. The van der Waals surface area contributed by atoms with Crippen LogP contribution in [0.1, 0.15) is 57.3 Å². The fourth-order valence-corrected chi connectivity index (χ4v) is 12.4. The molecule has 0 spiro atoms. The van der Waals surface area contributed by atoms with Gasteiger partial charge in [-0.2, -0.15) is 35.5 Å². The molecule has 0 bridgehead atoms. The molecule has 0 unspecified atom stereocenters. The van der Waals surface area contributed by atoms with E-state index in [2.05, 4.69) is 352 Å². The molecule has 0 radical (unpaired) electrons. The van der Waals surface area contributed by atoms with E-state index in [0.29, 0.717) is 0 Å². The molecule has 0 atom stereocenters. The van der Waals surface area contributed by atoms with Crippen LogP contribution in [0.3, 0.4) is 0 Å². The maximum absolute atomic E-state index is 3.45. The van der Waals surface area contributed by atoms with Crippen molar-refractivity contribution in [2.45, 2.75) is 12.8 Å². The molecule has 14 aromatic carbocycles. The smallest absolute Gasteiger partial charge is 0.0771 e. The summed E-state index contributed by atoms with van der Waals surface area (Å²) in [5.74, 6) is 0. The first-order chi connectivity index (χ1) is 43.5. The van der Waals surface area contributed by atoms with Crippen molar-refractivity contribution in [3.8, 4) is 0 Å². The molecular formula is C86H64Cl2Zr2-2. The van der Waals surface area contributed by atoms with Gasteiger partial charge in [0.15, 0.2) is 0 Å². The molecule has 0 N–H and O–H groups in total. The van der Waals surface area contributed by atoms with Gasteiger partial charge >= 0.3 is 198 Å². The molecule has 0 amide bonds. The van der Waals surface area contributed by atoms with Gasteiger partial charge in [-0.05, 0) is 11.1 Å². The van der Waals surface area contributed by atoms with Crippen molar-refractivity contribution in [3.05, 3.63) is 421 Å². The Kier molecular flexibility index (Phi) is 25.2. The van der Waals surface area contributed by atoms with E-state index >= 15 is 0 Å². The average Bonchev–Trinajstić information content (AvgIpc) is 2.04. The fourth-order valence-electron chi connectivity index (χ4n) is 10.8. The fraction of sp³-hybridized carbons (Fsp3) is 0.0233. The normalized spacial score (nSPS) is 11.7. The van der Waals surface area contributed by atoms with Gasteiger partial charge in [0.2, 0.25) is 0 Å². The van der Waals surface area contributed by atoms with Crippen molar-refractivity contribution < 1.29 is 73.3 Å². The van der Waals surface area contributed by atoms with E-state index in [1.54, 1.807) is 0 Å². The van der Waals surface area contributed by atoms with Crippen molar-refractivity contribution in [2.24, 2.45) is 0 Å². The van der Waals surface area contributed by atoms with Gasteiger partial charge in [0.1, 0.15) is 0 Å². The Morgan fingerprint density at radius 1 is 0.244 bits per heavy atom. The third kappa shape index (κ3) is 17.9. The van der Waals surface area contributed by atoms with E-state index in [1.807, 2.05) is 24.3 Å². The van der Waals surface area contributed by atoms with Crippen LogP contribution in [0, 0.1) is 12.2 Å². The molecule has 0 saturated heterocycles. The maximum atomic E-state index is 3.45. The minimum Gasteiger partial charge on any atom is -0.126 e. The maximum Gasteiger partial charge on any atom is -0.0771 e. The van der Waals surface area contributed by atoms with E-state index < -0.39 is 0 Å². The topological polar surface area (TPSA) is 0 Å². The second kappa shape index (κ2) is 34.4. The van der Waals surface area contributed by atoms with Crippen LogP contribution in [0.5, 0.6) is 0 Å². The monoisotopic (exact) mass is 1350 g/mol. The van der Waals surface area contributed by atoms with Crippen LogP contribution >= 0.6 is 0 Å². The number of halogens is 2. The molecule has 4 heteroatoms. The molecule has 0 fully saturated rings. The van der Waals surface area contributed by atoms with Crippen molar-refractivity contribution in [1.29, 1.82) is 0 Å². The van der Waals surface area contributed by atoms with Gasteiger partial charge in [-0.15, -0.1) is 126 Å². The second-order valence-electron chi connectivity index (χ2n) is 21.2. The van der Waals surface area contributed by atoms with Crippen molar-refractivity contribution >= 4 is 71.8 Å². The molecule has 0 saturated carbocycles. The Labute approximate surface area is 573 Å². The largest absolute Gasteiger partial charge is 0.126 e. The van der Waals surface area contributed by atoms with E-state index in [9.17, 15) is 0 Å². The van der Waals surface area contributed by atoms with Crippen LogP contribution in [-0.2, 0) is 48.5 Å². The molecule has 0 aliphatic heterocycles. The standard InChI is InChI=1S/2C17H13.2C13H9.2C13H10.2ClH.2Zr/c2*1-3-7-14(8-4-1)16-11-12-17(13-16)15-9-5-2-6-10-15;2*1-3-7-12-10(5-1)9-11-6-2-4-8-13(11)12;2*1-3-7-12(8-4-1)11-13-9-5-2-6-10-13;;;;/h2*1-10,13H,11H2;2*1-9H;2*1-10H;2*1H;;/q4*-1;;;;;2*+2/p-2. The Hall–Kier alpha value is -8.57. The third-order valence-corrected chi connectivity index (χ3v) is 18.2. The minimum absolute atomic E-state index is 0. The molecule has 90 heavy (non-hydrogen) atoms. The van der Waals surface area contributed by atoms with Crippen LogP contribution < -0.4 is 24.8 Å². The zero-order valence-corrected chi connectivity index (χ0v) is 56.2. The van der Waals surface area contributed by atoms with Crippen LogP contribution in [0.15, 0.2) is 364 Å². The number of fused-ring (bicyclic) bond motifs is 6. The van der Waals surface area contributed by atoms with Gasteiger partial charge in [-0.3, -0.25) is 0 Å². The number of hydrogen-bond acceptors (Lipinski definition) is 0. The first-order valence-corrected chi connectivity index (χ1v) is 32.3. The van der Waals surface area contributed by atoms with Gasteiger partial charge in [-0.1, -0.05) is 183 Å². The molecule has 0 nitrogen and oxygen atoms in total. The van der Waals surface area contributed by atoms with Gasteiger partial charge in [0.25, 0.3) is 0 Å². The summed E-state index contributed by atoms with van der Waals surface area (Å²) >= 11 is 2.92. The van der Waals surface area contributed by atoms with Gasteiger partial charge in [-0.25, -0.2) is 0 Å². The predicted octanol–water partition coefficient (Wildman–Crippen LogP) is 15.8. The van der Waals surface area contributed by atoms with E-state index in [-0.39, 0.29) is 24.8 Å².